The number of rotatable bonds is 20. The molecule has 8 heteroatoms. The van der Waals surface area contributed by atoms with E-state index in [2.05, 4.69) is 0 Å². The van der Waals surface area contributed by atoms with E-state index in [9.17, 15) is 35.7 Å². The summed E-state index contributed by atoms with van der Waals surface area (Å²) in [6.45, 7) is 1.72. The summed E-state index contributed by atoms with van der Waals surface area (Å²) in [6, 6.07) is 0. The Kier molecular flexibility index (Phi) is 18.1. The van der Waals surface area contributed by atoms with Crippen molar-refractivity contribution in [2.24, 2.45) is 0 Å². The maximum atomic E-state index is 10.1. The molecule has 7 unspecified atom stereocenters. The van der Waals surface area contributed by atoms with Gasteiger partial charge in [0.15, 0.2) is 0 Å². The van der Waals surface area contributed by atoms with Gasteiger partial charge in [0.2, 0.25) is 0 Å². The van der Waals surface area contributed by atoms with Crippen LogP contribution in [0.4, 0.5) is 0 Å². The van der Waals surface area contributed by atoms with Gasteiger partial charge >= 0.3 is 0 Å². The van der Waals surface area contributed by atoms with E-state index in [0.717, 1.165) is 6.42 Å². The molecule has 0 rings (SSSR count). The van der Waals surface area contributed by atoms with Gasteiger partial charge in [0.1, 0.15) is 0 Å². The van der Waals surface area contributed by atoms with Crippen molar-refractivity contribution >= 4 is 0 Å². The van der Waals surface area contributed by atoms with Gasteiger partial charge < -0.3 is 40.9 Å². The third kappa shape index (κ3) is 18.4. The van der Waals surface area contributed by atoms with E-state index in [-0.39, 0.29) is 25.9 Å². The van der Waals surface area contributed by atoms with Gasteiger partial charge in [0, 0.05) is 6.61 Å². The first-order valence-corrected chi connectivity index (χ1v) is 11.5. The van der Waals surface area contributed by atoms with Gasteiger partial charge in [-0.1, -0.05) is 0 Å². The highest BCUT2D eigenvalue weighted by molar-refractivity contribution is 4.71. The van der Waals surface area contributed by atoms with Gasteiger partial charge in [-0.15, -0.1) is 0 Å². The van der Waals surface area contributed by atoms with Gasteiger partial charge in [-0.05, 0) is 90.4 Å². The second-order valence-electron chi connectivity index (χ2n) is 8.80. The molecule has 0 aliphatic rings. The summed E-state index contributed by atoms with van der Waals surface area (Å²) >= 11 is 0. The molecule has 0 spiro atoms. The molecular weight excluding hydrogens is 392 g/mol. The van der Waals surface area contributed by atoms with E-state index >= 15 is 0 Å². The van der Waals surface area contributed by atoms with Crippen molar-refractivity contribution in [3.05, 3.63) is 0 Å². The minimum Gasteiger partial charge on any atom is -0.396 e. The maximum Gasteiger partial charge on any atom is 0.0589 e. The van der Waals surface area contributed by atoms with Crippen LogP contribution in [0.15, 0.2) is 0 Å². The lowest BCUT2D eigenvalue weighted by molar-refractivity contribution is 0.0291. The Labute approximate surface area is 181 Å². The summed E-state index contributed by atoms with van der Waals surface area (Å²) in [7, 11) is 0. The summed E-state index contributed by atoms with van der Waals surface area (Å²) in [6.07, 6.45) is 1.15. The Morgan fingerprint density at radius 2 is 0.767 bits per heavy atom. The Morgan fingerprint density at radius 1 is 0.433 bits per heavy atom. The molecule has 0 aliphatic heterocycles. The number of hydrogen-bond acceptors (Lipinski definition) is 8. The third-order valence-electron chi connectivity index (χ3n) is 5.34. The summed E-state index contributed by atoms with van der Waals surface area (Å²) in [5.74, 6) is 0. The predicted molar refractivity (Wildman–Crippen MR) is 115 cm³/mol. The van der Waals surface area contributed by atoms with E-state index in [1.165, 1.54) is 0 Å². The van der Waals surface area contributed by atoms with Crippen molar-refractivity contribution in [2.45, 2.75) is 133 Å². The molecule has 30 heavy (non-hydrogen) atoms. The number of unbranched alkanes of at least 4 members (excludes halogenated alkanes) is 1. The molecule has 0 aliphatic carbocycles. The van der Waals surface area contributed by atoms with E-state index in [1.54, 1.807) is 6.92 Å². The Bertz CT molecular complexity index is 382. The molecule has 182 valence electrons. The lowest BCUT2D eigenvalue weighted by Crippen LogP contribution is -2.24. The highest BCUT2D eigenvalue weighted by atomic mass is 16.3. The first-order valence-electron chi connectivity index (χ1n) is 11.5. The molecule has 8 nitrogen and oxygen atoms in total. The highest BCUT2D eigenvalue weighted by Gasteiger charge is 2.18. The van der Waals surface area contributed by atoms with Gasteiger partial charge in [0.25, 0.3) is 0 Å². The predicted octanol–water partition coefficient (Wildman–Crippen LogP) is 0.596. The molecule has 0 saturated carbocycles. The van der Waals surface area contributed by atoms with Crippen LogP contribution >= 0.6 is 0 Å². The molecule has 0 fully saturated rings. The average molecular weight is 439 g/mol. The molecule has 0 heterocycles. The number of aliphatic hydroxyl groups excluding tert-OH is 8. The SMILES string of the molecule is CC(O)CC(O)CCCC(O)CC(O)CC(O)CCCC(O)CC(O)CCCCO. The van der Waals surface area contributed by atoms with Gasteiger partial charge in [0.05, 0.1) is 42.7 Å². The minimum atomic E-state index is -0.823. The molecule has 0 saturated heterocycles. The summed E-state index contributed by atoms with van der Waals surface area (Å²) in [5.41, 5.74) is 0. The van der Waals surface area contributed by atoms with Crippen LogP contribution in [0.5, 0.6) is 0 Å². The molecular formula is C22H46O8. The monoisotopic (exact) mass is 438 g/mol. The fourth-order valence-corrected chi connectivity index (χ4v) is 3.69. The third-order valence-corrected chi connectivity index (χ3v) is 5.34. The van der Waals surface area contributed by atoms with Crippen molar-refractivity contribution in [3.8, 4) is 0 Å². The van der Waals surface area contributed by atoms with Crippen LogP contribution in [0, 0.1) is 0 Å². The fraction of sp³-hybridized carbons (Fsp3) is 1.00. The van der Waals surface area contributed by atoms with Crippen LogP contribution in [0.25, 0.3) is 0 Å². The van der Waals surface area contributed by atoms with Crippen molar-refractivity contribution in [1.29, 1.82) is 0 Å². The molecule has 0 aromatic heterocycles. The quantitative estimate of drug-likeness (QED) is 0.128. The molecule has 0 aromatic carbocycles. The Hall–Kier alpha value is -0.320. The van der Waals surface area contributed by atoms with Crippen LogP contribution in [0.3, 0.4) is 0 Å². The normalized spacial score (nSPS) is 19.1. The topological polar surface area (TPSA) is 162 Å². The number of hydrogen-bond donors (Lipinski definition) is 8. The first-order chi connectivity index (χ1) is 14.1. The van der Waals surface area contributed by atoms with Crippen molar-refractivity contribution < 1.29 is 40.9 Å². The minimum absolute atomic E-state index is 0.100. The van der Waals surface area contributed by atoms with Crippen LogP contribution in [0.1, 0.15) is 90.4 Å². The largest absolute Gasteiger partial charge is 0.396 e. The van der Waals surface area contributed by atoms with E-state index in [0.29, 0.717) is 57.8 Å². The standard InChI is InChI=1S/C22H46O8/c1-16(24)12-17(25)7-4-9-20(28)14-22(30)15-21(29)10-5-8-19(27)13-18(26)6-2-3-11-23/h16-30H,2-15H2,1H3. The van der Waals surface area contributed by atoms with E-state index < -0.39 is 42.7 Å². The summed E-state index contributed by atoms with van der Waals surface area (Å²) < 4.78 is 0. The zero-order chi connectivity index (χ0) is 22.9. The van der Waals surface area contributed by atoms with Crippen LogP contribution in [0.2, 0.25) is 0 Å². The second-order valence-corrected chi connectivity index (χ2v) is 8.80. The van der Waals surface area contributed by atoms with Gasteiger partial charge in [-0.3, -0.25) is 0 Å². The Balaban J connectivity index is 3.82. The van der Waals surface area contributed by atoms with Crippen molar-refractivity contribution in [3.63, 3.8) is 0 Å². The molecule has 0 aromatic rings. The van der Waals surface area contributed by atoms with Crippen molar-refractivity contribution in [2.75, 3.05) is 6.61 Å². The fourth-order valence-electron chi connectivity index (χ4n) is 3.69. The first kappa shape index (κ1) is 29.7. The van der Waals surface area contributed by atoms with E-state index in [1.807, 2.05) is 0 Å². The van der Waals surface area contributed by atoms with Gasteiger partial charge in [-0.25, -0.2) is 0 Å². The summed E-state index contributed by atoms with van der Waals surface area (Å²) in [5, 5.41) is 77.5. The van der Waals surface area contributed by atoms with Crippen LogP contribution in [-0.2, 0) is 0 Å². The van der Waals surface area contributed by atoms with Gasteiger partial charge in [-0.2, -0.15) is 0 Å². The molecule has 0 radical (unpaired) electrons. The average Bonchev–Trinajstić information content (AvgIpc) is 2.60. The second kappa shape index (κ2) is 18.3. The maximum absolute atomic E-state index is 10.1. The molecule has 0 amide bonds. The zero-order valence-corrected chi connectivity index (χ0v) is 18.5. The summed E-state index contributed by atoms with van der Waals surface area (Å²) in [4.78, 5) is 0. The lowest BCUT2D eigenvalue weighted by Gasteiger charge is -2.20. The molecule has 7 atom stereocenters. The van der Waals surface area contributed by atoms with Crippen LogP contribution in [-0.4, -0.2) is 90.2 Å². The number of aliphatic hydroxyl groups is 8. The molecule has 0 bridgehead atoms. The zero-order valence-electron chi connectivity index (χ0n) is 18.5. The molecule has 8 N–H and O–H groups in total. The smallest absolute Gasteiger partial charge is 0.0589 e. The van der Waals surface area contributed by atoms with Crippen LogP contribution < -0.4 is 0 Å². The van der Waals surface area contributed by atoms with E-state index in [4.69, 9.17) is 5.11 Å². The lowest BCUT2D eigenvalue weighted by atomic mass is 9.97. The Morgan fingerprint density at radius 3 is 1.13 bits per heavy atom. The van der Waals surface area contributed by atoms with Crippen molar-refractivity contribution in [1.82, 2.24) is 0 Å². The highest BCUT2D eigenvalue weighted by Crippen LogP contribution is 2.17.